The average molecular weight is 401 g/mol. The maximum absolute atomic E-state index is 14.0. The van der Waals surface area contributed by atoms with E-state index in [0.717, 1.165) is 45.2 Å². The number of halogens is 2. The van der Waals surface area contributed by atoms with Crippen molar-refractivity contribution in [2.24, 2.45) is 5.92 Å². The Hall–Kier alpha value is -1.91. The monoisotopic (exact) mass is 400 g/mol. The van der Waals surface area contributed by atoms with Crippen molar-refractivity contribution in [2.45, 2.75) is 44.7 Å². The van der Waals surface area contributed by atoms with Gasteiger partial charge in [-0.3, -0.25) is 9.69 Å². The Bertz CT molecular complexity index is 848. The van der Waals surface area contributed by atoms with Gasteiger partial charge in [0, 0.05) is 23.0 Å². The number of nitrogens with one attached hydrogen (secondary N) is 1. The van der Waals surface area contributed by atoms with E-state index in [0.29, 0.717) is 17.1 Å². The first-order valence-electron chi connectivity index (χ1n) is 10.1. The highest BCUT2D eigenvalue weighted by molar-refractivity contribution is 6.30. The van der Waals surface area contributed by atoms with Gasteiger partial charge in [0.25, 0.3) is 0 Å². The van der Waals surface area contributed by atoms with Crippen LogP contribution in [-0.4, -0.2) is 23.9 Å². The summed E-state index contributed by atoms with van der Waals surface area (Å²) in [7, 11) is 0. The van der Waals surface area contributed by atoms with E-state index in [-0.39, 0.29) is 23.7 Å². The van der Waals surface area contributed by atoms with Crippen LogP contribution >= 0.6 is 11.6 Å². The van der Waals surface area contributed by atoms with Gasteiger partial charge in [-0.15, -0.1) is 0 Å². The third-order valence-corrected chi connectivity index (χ3v) is 6.29. The Morgan fingerprint density at radius 3 is 2.71 bits per heavy atom. The molecule has 3 nitrogen and oxygen atoms in total. The van der Waals surface area contributed by atoms with Crippen molar-refractivity contribution in [3.8, 4) is 0 Å². The smallest absolute Gasteiger partial charge is 0.223 e. The normalized spacial score (nSPS) is 20.6. The van der Waals surface area contributed by atoms with Gasteiger partial charge in [0.2, 0.25) is 5.91 Å². The fourth-order valence-electron chi connectivity index (χ4n) is 4.44. The Kier molecular flexibility index (Phi) is 5.98. The molecule has 0 aromatic heterocycles. The predicted octanol–water partition coefficient (Wildman–Crippen LogP) is 4.88. The number of hydrogen-bond acceptors (Lipinski definition) is 2. The summed E-state index contributed by atoms with van der Waals surface area (Å²) in [6.45, 7) is 2.18. The van der Waals surface area contributed by atoms with Gasteiger partial charge in [0.05, 0.1) is 6.04 Å². The quantitative estimate of drug-likeness (QED) is 0.792. The van der Waals surface area contributed by atoms with E-state index in [2.05, 4.69) is 34.5 Å². The number of nitrogens with zero attached hydrogens (tertiary/aromatic N) is 1. The van der Waals surface area contributed by atoms with E-state index in [1.54, 1.807) is 12.1 Å². The highest BCUT2D eigenvalue weighted by atomic mass is 35.5. The number of benzene rings is 2. The summed E-state index contributed by atoms with van der Waals surface area (Å²) < 4.78 is 14.0. The van der Waals surface area contributed by atoms with E-state index < -0.39 is 0 Å². The van der Waals surface area contributed by atoms with Crippen molar-refractivity contribution in [3.63, 3.8) is 0 Å². The molecule has 0 bridgehead atoms. The molecule has 5 heteroatoms. The van der Waals surface area contributed by atoms with Crippen LogP contribution in [0.15, 0.2) is 42.5 Å². The van der Waals surface area contributed by atoms with Gasteiger partial charge in [-0.1, -0.05) is 41.9 Å². The van der Waals surface area contributed by atoms with Crippen molar-refractivity contribution in [1.82, 2.24) is 10.2 Å². The number of aryl methyl sites for hydroxylation is 1. The largest absolute Gasteiger partial charge is 0.349 e. The second-order valence-corrected chi connectivity index (χ2v) is 8.37. The lowest BCUT2D eigenvalue weighted by molar-refractivity contribution is -0.127. The lowest BCUT2D eigenvalue weighted by Crippen LogP contribution is -2.41. The molecule has 1 amide bonds. The standard InChI is InChI=1S/C23H26ClFN2O/c24-19-9-8-18(21(25)14-19)15-27-12-10-17(11-13-27)23(28)26-22-7-3-5-16-4-1-2-6-20(16)22/h1-2,4,6,8-9,14,17,22H,3,5,7,10-13,15H2,(H,26,28)/t22-/m0/s1. The van der Waals surface area contributed by atoms with Gasteiger partial charge in [0.1, 0.15) is 5.82 Å². The highest BCUT2D eigenvalue weighted by Gasteiger charge is 2.28. The number of fused-ring (bicyclic) bond motifs is 1. The van der Waals surface area contributed by atoms with Crippen LogP contribution in [0, 0.1) is 11.7 Å². The number of likely N-dealkylation sites (tertiary alicyclic amines) is 1. The summed E-state index contributed by atoms with van der Waals surface area (Å²) in [6, 6.07) is 13.4. The fraction of sp³-hybridized carbons (Fsp3) is 0.435. The molecule has 0 unspecified atom stereocenters. The summed E-state index contributed by atoms with van der Waals surface area (Å²) in [5.41, 5.74) is 3.29. The molecule has 1 fully saturated rings. The van der Waals surface area contributed by atoms with Crippen molar-refractivity contribution in [1.29, 1.82) is 0 Å². The van der Waals surface area contributed by atoms with E-state index in [4.69, 9.17) is 11.6 Å². The minimum Gasteiger partial charge on any atom is -0.349 e. The van der Waals surface area contributed by atoms with Gasteiger partial charge in [-0.25, -0.2) is 4.39 Å². The van der Waals surface area contributed by atoms with Crippen LogP contribution in [-0.2, 0) is 17.8 Å². The third-order valence-electron chi connectivity index (χ3n) is 6.05. The van der Waals surface area contributed by atoms with E-state index >= 15 is 0 Å². The fourth-order valence-corrected chi connectivity index (χ4v) is 4.60. The minimum atomic E-state index is -0.261. The maximum Gasteiger partial charge on any atom is 0.223 e. The minimum absolute atomic E-state index is 0.0420. The van der Waals surface area contributed by atoms with Crippen LogP contribution in [0.5, 0.6) is 0 Å². The second kappa shape index (κ2) is 8.62. The molecule has 28 heavy (non-hydrogen) atoms. The molecule has 1 saturated heterocycles. The number of rotatable bonds is 4. The molecule has 1 N–H and O–H groups in total. The molecule has 0 spiro atoms. The van der Waals surface area contributed by atoms with Crippen LogP contribution in [0.25, 0.3) is 0 Å². The van der Waals surface area contributed by atoms with E-state index in [9.17, 15) is 9.18 Å². The van der Waals surface area contributed by atoms with Gasteiger partial charge in [-0.2, -0.15) is 0 Å². The number of hydrogen-bond donors (Lipinski definition) is 1. The molecule has 1 aliphatic carbocycles. The average Bonchev–Trinajstić information content (AvgIpc) is 2.71. The molecule has 4 rings (SSSR count). The molecule has 2 aromatic carbocycles. The van der Waals surface area contributed by atoms with Crippen LogP contribution in [0.4, 0.5) is 4.39 Å². The van der Waals surface area contributed by atoms with Crippen molar-refractivity contribution in [2.75, 3.05) is 13.1 Å². The SMILES string of the molecule is O=C(N[C@H]1CCCc2ccccc21)C1CCN(Cc2ccc(Cl)cc2F)CC1. The maximum atomic E-state index is 14.0. The number of amides is 1. The van der Waals surface area contributed by atoms with Crippen LogP contribution in [0.1, 0.15) is 48.4 Å². The Morgan fingerprint density at radius 2 is 1.93 bits per heavy atom. The topological polar surface area (TPSA) is 32.3 Å². The van der Waals surface area contributed by atoms with Crippen LogP contribution in [0.2, 0.25) is 5.02 Å². The Balaban J connectivity index is 1.31. The molecule has 148 valence electrons. The van der Waals surface area contributed by atoms with Crippen molar-refractivity contribution in [3.05, 3.63) is 70.0 Å². The summed E-state index contributed by atoms with van der Waals surface area (Å²) in [4.78, 5) is 15.0. The molecule has 1 heterocycles. The molecule has 2 aromatic rings. The zero-order chi connectivity index (χ0) is 19.5. The first kappa shape index (κ1) is 19.4. The molecule has 0 saturated carbocycles. The number of carbonyl (C=O) groups is 1. The molecule has 1 atom stereocenters. The van der Waals surface area contributed by atoms with Crippen molar-refractivity contribution < 1.29 is 9.18 Å². The zero-order valence-electron chi connectivity index (χ0n) is 16.0. The van der Waals surface area contributed by atoms with E-state index in [1.165, 1.54) is 17.2 Å². The lowest BCUT2D eigenvalue weighted by atomic mass is 9.87. The predicted molar refractivity (Wildman–Crippen MR) is 110 cm³/mol. The number of carbonyl (C=O) groups excluding carboxylic acids is 1. The summed E-state index contributed by atoms with van der Waals surface area (Å²) in [5.74, 6) is -0.0530. The van der Waals surface area contributed by atoms with Gasteiger partial charge in [0.15, 0.2) is 0 Å². The summed E-state index contributed by atoms with van der Waals surface area (Å²) in [6.07, 6.45) is 4.86. The van der Waals surface area contributed by atoms with Crippen LogP contribution in [0.3, 0.4) is 0 Å². The molecular formula is C23H26ClFN2O. The molecular weight excluding hydrogens is 375 g/mol. The molecule has 0 radical (unpaired) electrons. The molecule has 1 aliphatic heterocycles. The summed E-state index contributed by atoms with van der Waals surface area (Å²) >= 11 is 5.83. The van der Waals surface area contributed by atoms with Gasteiger partial charge >= 0.3 is 0 Å². The van der Waals surface area contributed by atoms with Crippen LogP contribution < -0.4 is 5.32 Å². The molecule has 2 aliphatic rings. The first-order chi connectivity index (χ1) is 13.6. The Labute approximate surface area is 170 Å². The second-order valence-electron chi connectivity index (χ2n) is 7.94. The van der Waals surface area contributed by atoms with Crippen molar-refractivity contribution >= 4 is 17.5 Å². The van der Waals surface area contributed by atoms with Gasteiger partial charge < -0.3 is 5.32 Å². The third kappa shape index (κ3) is 4.39. The first-order valence-corrected chi connectivity index (χ1v) is 10.5. The zero-order valence-corrected chi connectivity index (χ0v) is 16.7. The van der Waals surface area contributed by atoms with Gasteiger partial charge in [-0.05, 0) is 68.5 Å². The Morgan fingerprint density at radius 1 is 1.14 bits per heavy atom. The lowest BCUT2D eigenvalue weighted by Gasteiger charge is -2.33. The summed E-state index contributed by atoms with van der Waals surface area (Å²) in [5, 5.41) is 3.71. The number of piperidine rings is 1. The highest BCUT2D eigenvalue weighted by Crippen LogP contribution is 2.30. The van der Waals surface area contributed by atoms with E-state index in [1.807, 2.05) is 0 Å².